The fourth-order valence-corrected chi connectivity index (χ4v) is 5.19. The third-order valence-corrected chi connectivity index (χ3v) is 7.56. The number of pyridine rings is 1. The number of nitriles is 2. The van der Waals surface area contributed by atoms with Gasteiger partial charge in [-0.15, -0.1) is 0 Å². The van der Waals surface area contributed by atoms with Crippen LogP contribution < -0.4 is 14.8 Å². The summed E-state index contributed by atoms with van der Waals surface area (Å²) in [5.41, 5.74) is 1.92. The Morgan fingerprint density at radius 3 is 1.78 bits per heavy atom. The molecule has 9 nitrogen and oxygen atoms in total. The molecule has 3 aromatic rings. The lowest BCUT2D eigenvalue weighted by Gasteiger charge is -2.32. The number of nitrogens with one attached hydrogen (secondary N) is 1. The number of amides is 2. The number of benzene rings is 2. The minimum atomic E-state index is -0.200. The van der Waals surface area contributed by atoms with Gasteiger partial charge in [0, 0.05) is 38.2 Å². The fourth-order valence-electron chi connectivity index (χ4n) is 5.19. The third kappa shape index (κ3) is 7.20. The average Bonchev–Trinajstić information content (AvgIpc) is 3.03. The minimum absolute atomic E-state index is 0.00335. The van der Waals surface area contributed by atoms with E-state index in [1.54, 1.807) is 53.4 Å². The van der Waals surface area contributed by atoms with Crippen LogP contribution in [0.2, 0.25) is 0 Å². The molecule has 0 atom stereocenters. The molecular weight excluding hydrogens is 518 g/mol. The van der Waals surface area contributed by atoms with Gasteiger partial charge in [0.2, 0.25) is 0 Å². The van der Waals surface area contributed by atoms with Crippen molar-refractivity contribution in [3.05, 3.63) is 89.2 Å². The molecule has 1 saturated carbocycles. The van der Waals surface area contributed by atoms with Crippen molar-refractivity contribution in [3.63, 3.8) is 0 Å². The van der Waals surface area contributed by atoms with Gasteiger partial charge in [-0.2, -0.15) is 10.5 Å². The van der Waals surface area contributed by atoms with Crippen molar-refractivity contribution in [1.82, 2.24) is 15.2 Å². The maximum atomic E-state index is 13.0. The number of aromatic nitrogens is 1. The van der Waals surface area contributed by atoms with Crippen LogP contribution in [0.5, 0.6) is 11.5 Å². The Morgan fingerprint density at radius 2 is 1.29 bits per heavy atom. The van der Waals surface area contributed by atoms with Crippen molar-refractivity contribution >= 4 is 11.8 Å². The van der Waals surface area contributed by atoms with Gasteiger partial charge in [0.1, 0.15) is 23.3 Å². The summed E-state index contributed by atoms with van der Waals surface area (Å²) >= 11 is 0. The van der Waals surface area contributed by atoms with Crippen molar-refractivity contribution in [2.75, 3.05) is 13.1 Å². The van der Waals surface area contributed by atoms with Crippen LogP contribution in [0.4, 0.5) is 0 Å². The summed E-state index contributed by atoms with van der Waals surface area (Å²) in [7, 11) is 0. The highest BCUT2D eigenvalue weighted by atomic mass is 16.5. The van der Waals surface area contributed by atoms with Crippen molar-refractivity contribution in [2.45, 2.75) is 56.8 Å². The van der Waals surface area contributed by atoms with Gasteiger partial charge >= 0.3 is 0 Å². The molecule has 2 aliphatic rings. The Morgan fingerprint density at radius 1 is 0.756 bits per heavy atom. The Labute approximate surface area is 239 Å². The Hall–Kier alpha value is -4.89. The molecule has 41 heavy (non-hydrogen) atoms. The maximum absolute atomic E-state index is 13.0. The molecule has 2 aromatic carbocycles. The van der Waals surface area contributed by atoms with Crippen LogP contribution in [0.25, 0.3) is 0 Å². The van der Waals surface area contributed by atoms with Gasteiger partial charge in [0.25, 0.3) is 11.8 Å². The quantitative estimate of drug-likeness (QED) is 0.455. The van der Waals surface area contributed by atoms with Crippen LogP contribution in [0.15, 0.2) is 66.9 Å². The first-order valence-corrected chi connectivity index (χ1v) is 13.9. The Bertz CT molecular complexity index is 1430. The predicted molar refractivity (Wildman–Crippen MR) is 150 cm³/mol. The van der Waals surface area contributed by atoms with Gasteiger partial charge < -0.3 is 19.7 Å². The molecule has 1 aliphatic carbocycles. The van der Waals surface area contributed by atoms with E-state index in [1.807, 2.05) is 12.1 Å². The van der Waals surface area contributed by atoms with Crippen molar-refractivity contribution in [2.24, 2.45) is 0 Å². The topological polar surface area (TPSA) is 128 Å². The highest BCUT2D eigenvalue weighted by molar-refractivity contribution is 5.96. The van der Waals surface area contributed by atoms with E-state index in [2.05, 4.69) is 22.4 Å². The predicted octanol–water partition coefficient (Wildman–Crippen LogP) is 4.63. The lowest BCUT2D eigenvalue weighted by molar-refractivity contribution is 0.0589. The summed E-state index contributed by atoms with van der Waals surface area (Å²) in [5.74, 6) is 1.11. The first-order chi connectivity index (χ1) is 20.0. The largest absolute Gasteiger partial charge is 0.490 e. The van der Waals surface area contributed by atoms with E-state index < -0.39 is 0 Å². The fraction of sp³-hybridized carbons (Fsp3) is 0.344. The van der Waals surface area contributed by atoms with Gasteiger partial charge in [0.05, 0.1) is 34.9 Å². The molecule has 2 fully saturated rings. The Balaban J connectivity index is 1.05. The van der Waals surface area contributed by atoms with Crippen molar-refractivity contribution in [1.29, 1.82) is 10.5 Å². The molecule has 0 radical (unpaired) electrons. The molecular formula is C32H31N5O4. The van der Waals surface area contributed by atoms with E-state index in [-0.39, 0.29) is 30.1 Å². The molecule has 0 spiro atoms. The molecule has 1 N–H and O–H groups in total. The molecule has 0 unspecified atom stereocenters. The number of hydrogen-bond acceptors (Lipinski definition) is 7. The smallest absolute Gasteiger partial charge is 0.272 e. The highest BCUT2D eigenvalue weighted by Crippen LogP contribution is 2.25. The molecule has 9 heteroatoms. The molecule has 2 heterocycles. The molecule has 1 saturated heterocycles. The summed E-state index contributed by atoms with van der Waals surface area (Å²) in [6.07, 6.45) is 6.21. The zero-order valence-electron chi connectivity index (χ0n) is 22.7. The van der Waals surface area contributed by atoms with Gasteiger partial charge in [-0.25, -0.2) is 0 Å². The molecule has 5 rings (SSSR count). The highest BCUT2D eigenvalue weighted by Gasteiger charge is 2.27. The average molecular weight is 550 g/mol. The van der Waals surface area contributed by atoms with Gasteiger partial charge in [-0.3, -0.25) is 14.6 Å². The maximum Gasteiger partial charge on any atom is 0.272 e. The number of likely N-dealkylation sites (tertiary alicyclic amines) is 1. The van der Waals surface area contributed by atoms with Gasteiger partial charge in [-0.05, 0) is 86.3 Å². The molecule has 1 aromatic heterocycles. The van der Waals surface area contributed by atoms with Crippen LogP contribution >= 0.6 is 0 Å². The number of rotatable bonds is 7. The normalized spacial score (nSPS) is 18.9. The van der Waals surface area contributed by atoms with E-state index in [0.29, 0.717) is 54.1 Å². The standard InChI is InChI=1S/C32H31N5O4/c33-19-22-1-8-26(9-2-22)40-28-12-6-25(7-13-28)36-31(38)24-5-14-30(35-21-24)32(39)37-17-15-29(16-18-37)41-27-10-3-23(20-34)4-11-27/h1-5,8-11,14,21,25,28-29H,6-7,12-13,15-18H2,(H,36,38)/t25-,28+. The summed E-state index contributed by atoms with van der Waals surface area (Å²) < 4.78 is 12.0. The van der Waals surface area contributed by atoms with E-state index in [9.17, 15) is 9.59 Å². The van der Waals surface area contributed by atoms with Crippen LogP contribution in [-0.2, 0) is 0 Å². The second-order valence-electron chi connectivity index (χ2n) is 10.4. The van der Waals surface area contributed by atoms with E-state index in [1.165, 1.54) is 6.20 Å². The summed E-state index contributed by atoms with van der Waals surface area (Å²) in [6, 6.07) is 21.6. The number of carbonyl (C=O) groups excluding carboxylic acids is 2. The third-order valence-electron chi connectivity index (χ3n) is 7.56. The number of piperidine rings is 1. The van der Waals surface area contributed by atoms with Crippen LogP contribution in [0.1, 0.15) is 70.5 Å². The number of ether oxygens (including phenoxy) is 2. The molecule has 2 amide bonds. The van der Waals surface area contributed by atoms with Crippen LogP contribution in [-0.4, -0.2) is 53.0 Å². The number of nitrogens with zero attached hydrogens (tertiary/aromatic N) is 4. The molecule has 208 valence electrons. The first-order valence-electron chi connectivity index (χ1n) is 13.9. The lowest BCUT2D eigenvalue weighted by atomic mass is 9.92. The van der Waals surface area contributed by atoms with E-state index in [0.717, 1.165) is 31.4 Å². The van der Waals surface area contributed by atoms with Crippen molar-refractivity contribution in [3.8, 4) is 23.6 Å². The second kappa shape index (κ2) is 13.0. The van der Waals surface area contributed by atoms with Gasteiger partial charge in [-0.1, -0.05) is 0 Å². The Kier molecular flexibility index (Phi) is 8.76. The van der Waals surface area contributed by atoms with Crippen LogP contribution in [0.3, 0.4) is 0 Å². The second-order valence-corrected chi connectivity index (χ2v) is 10.4. The van der Waals surface area contributed by atoms with Gasteiger partial charge in [0.15, 0.2) is 0 Å². The SMILES string of the molecule is N#Cc1ccc(OC2CCN(C(=O)c3ccc(C(=O)N[C@H]4CC[C@@H](Oc5ccc(C#N)cc5)CC4)cn3)CC2)cc1. The van der Waals surface area contributed by atoms with E-state index in [4.69, 9.17) is 20.0 Å². The summed E-state index contributed by atoms with van der Waals surface area (Å²) in [4.78, 5) is 31.9. The van der Waals surface area contributed by atoms with E-state index >= 15 is 0 Å². The zero-order chi connectivity index (χ0) is 28.6. The summed E-state index contributed by atoms with van der Waals surface area (Å²) in [5, 5.41) is 20.9. The number of carbonyl (C=O) groups is 2. The molecule has 0 bridgehead atoms. The summed E-state index contributed by atoms with van der Waals surface area (Å²) in [6.45, 7) is 1.11. The number of hydrogen-bond donors (Lipinski definition) is 1. The van der Waals surface area contributed by atoms with Crippen LogP contribution in [0, 0.1) is 22.7 Å². The zero-order valence-corrected chi connectivity index (χ0v) is 22.7. The lowest BCUT2D eigenvalue weighted by Crippen LogP contribution is -2.42. The van der Waals surface area contributed by atoms with Crippen molar-refractivity contribution < 1.29 is 19.1 Å². The monoisotopic (exact) mass is 549 g/mol. The molecule has 1 aliphatic heterocycles. The first kappa shape index (κ1) is 27.7. The minimum Gasteiger partial charge on any atom is -0.490 e.